The first kappa shape index (κ1) is 19.8. The molecule has 1 N–H and O–H groups in total. The fraction of sp³-hybridized carbons (Fsp3) is 0.714. The summed E-state index contributed by atoms with van der Waals surface area (Å²) in [6, 6.07) is 0. The minimum Gasteiger partial charge on any atom is -0.460 e. The van der Waals surface area contributed by atoms with Crippen LogP contribution in [0.3, 0.4) is 0 Å². The van der Waals surface area contributed by atoms with E-state index in [-0.39, 0.29) is 6.61 Å². The monoisotopic (exact) mass is 348 g/mol. The Kier molecular flexibility index (Phi) is 6.67. The van der Waals surface area contributed by atoms with Crippen molar-refractivity contribution in [3.8, 4) is 0 Å². The van der Waals surface area contributed by atoms with Crippen molar-refractivity contribution in [2.24, 2.45) is 0 Å². The molecule has 10 heteroatoms. The summed E-state index contributed by atoms with van der Waals surface area (Å²) in [5.74, 6) is -5.24. The van der Waals surface area contributed by atoms with Crippen molar-refractivity contribution in [1.82, 2.24) is 0 Å². The van der Waals surface area contributed by atoms with Crippen LogP contribution in [0.25, 0.3) is 0 Å². The average Bonchev–Trinajstić information content (AvgIpc) is 2.43. The zero-order chi connectivity index (χ0) is 18.5. The largest absolute Gasteiger partial charge is 0.460 e. The molecule has 1 fully saturated rings. The van der Waals surface area contributed by atoms with E-state index in [1.807, 2.05) is 0 Å². The molecule has 1 saturated heterocycles. The number of esters is 4. The molecule has 0 aromatic heterocycles. The average molecular weight is 348 g/mol. The topological polar surface area (TPSA) is 135 Å². The predicted octanol–water partition coefficient (Wildman–Crippen LogP) is -0.937. The van der Waals surface area contributed by atoms with Gasteiger partial charge in [-0.2, -0.15) is 0 Å². The van der Waals surface area contributed by atoms with E-state index in [2.05, 4.69) is 0 Å². The highest BCUT2D eigenvalue weighted by atomic mass is 16.7. The highest BCUT2D eigenvalue weighted by Gasteiger charge is 2.56. The van der Waals surface area contributed by atoms with Crippen molar-refractivity contribution >= 4 is 23.9 Å². The second-order valence-electron chi connectivity index (χ2n) is 5.19. The zero-order valence-electron chi connectivity index (χ0n) is 13.8. The van der Waals surface area contributed by atoms with Gasteiger partial charge in [0.2, 0.25) is 5.79 Å². The minimum atomic E-state index is -2.27. The van der Waals surface area contributed by atoms with Gasteiger partial charge in [0.1, 0.15) is 6.61 Å². The van der Waals surface area contributed by atoms with E-state index >= 15 is 0 Å². The molecule has 0 unspecified atom stereocenters. The third-order valence-electron chi connectivity index (χ3n) is 3.00. The first-order valence-electron chi connectivity index (χ1n) is 7.06. The molecule has 136 valence electrons. The lowest BCUT2D eigenvalue weighted by molar-refractivity contribution is -0.335. The Bertz CT molecular complexity index is 516. The summed E-state index contributed by atoms with van der Waals surface area (Å²) < 4.78 is 24.9. The molecule has 0 aliphatic carbocycles. The summed E-state index contributed by atoms with van der Waals surface area (Å²) in [4.78, 5) is 44.9. The molecule has 1 rings (SSSR count). The van der Waals surface area contributed by atoms with Crippen molar-refractivity contribution in [3.63, 3.8) is 0 Å². The first-order valence-corrected chi connectivity index (χ1v) is 7.06. The van der Waals surface area contributed by atoms with Crippen LogP contribution in [-0.4, -0.2) is 66.3 Å². The molecule has 0 amide bonds. The van der Waals surface area contributed by atoms with E-state index in [9.17, 15) is 24.3 Å². The van der Waals surface area contributed by atoms with E-state index in [0.29, 0.717) is 0 Å². The molecule has 1 aliphatic heterocycles. The number of hydrogen-bond donors (Lipinski definition) is 1. The molecular formula is C14H20O10. The molecular weight excluding hydrogens is 328 g/mol. The van der Waals surface area contributed by atoms with Gasteiger partial charge in [0.25, 0.3) is 0 Å². The predicted molar refractivity (Wildman–Crippen MR) is 74.2 cm³/mol. The van der Waals surface area contributed by atoms with Crippen molar-refractivity contribution in [1.29, 1.82) is 0 Å². The lowest BCUT2D eigenvalue weighted by Gasteiger charge is -2.44. The van der Waals surface area contributed by atoms with Gasteiger partial charge in [-0.15, -0.1) is 0 Å². The van der Waals surface area contributed by atoms with Gasteiger partial charge in [-0.3, -0.25) is 19.2 Å². The Morgan fingerprint density at radius 1 is 0.958 bits per heavy atom. The van der Waals surface area contributed by atoms with Gasteiger partial charge < -0.3 is 28.8 Å². The Morgan fingerprint density at radius 3 is 1.96 bits per heavy atom. The number of aliphatic hydroxyl groups is 1. The van der Waals surface area contributed by atoms with E-state index in [1.165, 1.54) is 0 Å². The summed E-state index contributed by atoms with van der Waals surface area (Å²) in [5, 5.41) is 10.6. The Hall–Kier alpha value is -2.20. The van der Waals surface area contributed by atoms with Crippen LogP contribution in [0.15, 0.2) is 0 Å². The van der Waals surface area contributed by atoms with Crippen LogP contribution < -0.4 is 0 Å². The smallest absolute Gasteiger partial charge is 0.303 e. The fourth-order valence-corrected chi connectivity index (χ4v) is 2.17. The SMILES string of the molecule is CC(=O)OC[C@@]1(O)OC[C@@H](OC(C)=O)[C@H](OC(C)=O)[C@H]1OC(C)=O. The highest BCUT2D eigenvalue weighted by molar-refractivity contribution is 5.68. The van der Waals surface area contributed by atoms with E-state index in [4.69, 9.17) is 23.7 Å². The Balaban J connectivity index is 3.14. The van der Waals surface area contributed by atoms with Gasteiger partial charge in [-0.1, -0.05) is 0 Å². The summed E-state index contributed by atoms with van der Waals surface area (Å²) >= 11 is 0. The molecule has 0 bridgehead atoms. The molecule has 0 aromatic rings. The maximum Gasteiger partial charge on any atom is 0.303 e. The van der Waals surface area contributed by atoms with Crippen molar-refractivity contribution in [2.45, 2.75) is 51.8 Å². The van der Waals surface area contributed by atoms with Gasteiger partial charge >= 0.3 is 23.9 Å². The van der Waals surface area contributed by atoms with Gasteiger partial charge in [0.05, 0.1) is 6.61 Å². The maximum atomic E-state index is 11.4. The van der Waals surface area contributed by atoms with E-state index in [0.717, 1.165) is 27.7 Å². The Labute approximate surface area is 137 Å². The summed E-state index contributed by atoms with van der Waals surface area (Å²) in [7, 11) is 0. The molecule has 0 aromatic carbocycles. The first-order chi connectivity index (χ1) is 11.0. The molecule has 0 saturated carbocycles. The quantitative estimate of drug-likeness (QED) is 0.490. The number of rotatable bonds is 5. The van der Waals surface area contributed by atoms with Gasteiger partial charge in [0.15, 0.2) is 18.3 Å². The molecule has 0 spiro atoms. The van der Waals surface area contributed by atoms with Crippen LogP contribution in [0.4, 0.5) is 0 Å². The number of carbonyl (C=O) groups is 4. The van der Waals surface area contributed by atoms with Crippen LogP contribution in [0.5, 0.6) is 0 Å². The third-order valence-corrected chi connectivity index (χ3v) is 3.00. The van der Waals surface area contributed by atoms with Crippen molar-refractivity contribution in [2.75, 3.05) is 13.2 Å². The lowest BCUT2D eigenvalue weighted by atomic mass is 9.96. The van der Waals surface area contributed by atoms with E-state index < -0.39 is 54.6 Å². The maximum absolute atomic E-state index is 11.4. The fourth-order valence-electron chi connectivity index (χ4n) is 2.17. The van der Waals surface area contributed by atoms with Crippen LogP contribution in [-0.2, 0) is 42.9 Å². The van der Waals surface area contributed by atoms with E-state index in [1.54, 1.807) is 0 Å². The summed E-state index contributed by atoms with van der Waals surface area (Å²) in [5.41, 5.74) is 0. The van der Waals surface area contributed by atoms with Gasteiger partial charge in [-0.05, 0) is 0 Å². The molecule has 4 atom stereocenters. The van der Waals surface area contributed by atoms with Crippen LogP contribution in [0.1, 0.15) is 27.7 Å². The second kappa shape index (κ2) is 8.06. The van der Waals surface area contributed by atoms with Crippen LogP contribution >= 0.6 is 0 Å². The van der Waals surface area contributed by atoms with Crippen molar-refractivity contribution < 1.29 is 48.0 Å². The number of hydrogen-bond acceptors (Lipinski definition) is 10. The summed E-state index contributed by atoms with van der Waals surface area (Å²) in [6.07, 6.45) is -4.03. The highest BCUT2D eigenvalue weighted by Crippen LogP contribution is 2.31. The number of carbonyl (C=O) groups excluding carboxylic acids is 4. The zero-order valence-corrected chi connectivity index (χ0v) is 13.8. The van der Waals surface area contributed by atoms with Crippen LogP contribution in [0, 0.1) is 0 Å². The molecule has 0 radical (unpaired) electrons. The van der Waals surface area contributed by atoms with Crippen LogP contribution in [0.2, 0.25) is 0 Å². The number of ether oxygens (including phenoxy) is 5. The molecule has 1 heterocycles. The standard InChI is InChI=1S/C14H20O10/c1-7(15)20-6-14(19)13(24-10(4)18)12(23-9(3)17)11(5-21-14)22-8(2)16/h11-13,19H,5-6H2,1-4H3/t11-,12+,13-,14-/m1/s1. The Morgan fingerprint density at radius 2 is 1.50 bits per heavy atom. The lowest BCUT2D eigenvalue weighted by Crippen LogP contribution is -2.65. The third kappa shape index (κ3) is 5.46. The molecule has 10 nitrogen and oxygen atoms in total. The second-order valence-corrected chi connectivity index (χ2v) is 5.19. The molecule has 1 aliphatic rings. The molecule has 24 heavy (non-hydrogen) atoms. The van der Waals surface area contributed by atoms with Gasteiger partial charge in [0, 0.05) is 27.7 Å². The van der Waals surface area contributed by atoms with Crippen molar-refractivity contribution in [3.05, 3.63) is 0 Å². The minimum absolute atomic E-state index is 0.368. The summed E-state index contributed by atoms with van der Waals surface area (Å²) in [6.45, 7) is 3.35. The van der Waals surface area contributed by atoms with Gasteiger partial charge in [-0.25, -0.2) is 0 Å². The normalized spacial score (nSPS) is 29.3.